The third-order valence-electron chi connectivity index (χ3n) is 4.23. The van der Waals surface area contributed by atoms with E-state index >= 15 is 0 Å². The van der Waals surface area contributed by atoms with Crippen LogP contribution in [-0.2, 0) is 10.0 Å². The summed E-state index contributed by atoms with van der Waals surface area (Å²) in [4.78, 5) is 15.4. The average Bonchev–Trinajstić information content (AvgIpc) is 3.10. The molecule has 0 spiro atoms. The van der Waals surface area contributed by atoms with E-state index in [1.807, 2.05) is 0 Å². The Kier molecular flexibility index (Phi) is 4.41. The average molecular weight is 441 g/mol. The van der Waals surface area contributed by atoms with E-state index in [-0.39, 0.29) is 4.90 Å². The molecule has 4 rings (SSSR count). The van der Waals surface area contributed by atoms with Crippen molar-refractivity contribution in [2.24, 2.45) is 0 Å². The minimum absolute atomic E-state index is 0.176. The number of nitrogens with zero attached hydrogens (tertiary/aromatic N) is 2. The van der Waals surface area contributed by atoms with Gasteiger partial charge in [0, 0.05) is 21.6 Å². The second-order valence-corrected chi connectivity index (χ2v) is 8.52. The highest BCUT2D eigenvalue weighted by molar-refractivity contribution is 9.10. The molecule has 0 aliphatic heterocycles. The summed E-state index contributed by atoms with van der Waals surface area (Å²) in [6.07, 6.45) is 2.31. The van der Waals surface area contributed by atoms with E-state index in [0.29, 0.717) is 27.9 Å². The molecule has 0 saturated carbocycles. The zero-order chi connectivity index (χ0) is 19.0. The predicted molar refractivity (Wildman–Crippen MR) is 107 cm³/mol. The van der Waals surface area contributed by atoms with Gasteiger partial charge in [-0.05, 0) is 45.8 Å². The molecule has 5 nitrogen and oxygen atoms in total. The van der Waals surface area contributed by atoms with Crippen molar-refractivity contribution < 1.29 is 13.2 Å². The van der Waals surface area contributed by atoms with Gasteiger partial charge in [-0.3, -0.25) is 4.79 Å². The molecule has 2 heterocycles. The summed E-state index contributed by atoms with van der Waals surface area (Å²) in [5.74, 6) is 0. The Morgan fingerprint density at radius 3 is 2.33 bits per heavy atom. The molecule has 4 aromatic rings. The van der Waals surface area contributed by atoms with Crippen LogP contribution in [0.2, 0.25) is 0 Å². The normalized spacial score (nSPS) is 11.6. The van der Waals surface area contributed by atoms with Gasteiger partial charge in [-0.1, -0.05) is 42.5 Å². The Balaban J connectivity index is 2.06. The maximum Gasteiger partial charge on any atom is 0.269 e. The Bertz CT molecular complexity index is 1250. The van der Waals surface area contributed by atoms with Crippen LogP contribution in [0.15, 0.2) is 82.3 Å². The summed E-state index contributed by atoms with van der Waals surface area (Å²) in [5, 5.41) is 0.687. The van der Waals surface area contributed by atoms with E-state index in [2.05, 4.69) is 20.9 Å². The monoisotopic (exact) mass is 440 g/mol. The predicted octanol–water partition coefficient (Wildman–Crippen LogP) is 4.52. The molecule has 0 atom stereocenters. The van der Waals surface area contributed by atoms with Crippen LogP contribution in [-0.4, -0.2) is 23.7 Å². The van der Waals surface area contributed by atoms with Gasteiger partial charge >= 0.3 is 0 Å². The van der Waals surface area contributed by atoms with Crippen molar-refractivity contribution in [3.8, 4) is 11.3 Å². The first-order chi connectivity index (χ1) is 13.0. The lowest BCUT2D eigenvalue weighted by Crippen LogP contribution is -2.14. The molecule has 0 bridgehead atoms. The summed E-state index contributed by atoms with van der Waals surface area (Å²) in [5.41, 5.74) is 2.00. The van der Waals surface area contributed by atoms with Gasteiger partial charge in [-0.15, -0.1) is 0 Å². The Hall–Kier alpha value is -2.77. The quantitative estimate of drug-likeness (QED) is 0.437. The van der Waals surface area contributed by atoms with Gasteiger partial charge in [0.2, 0.25) is 0 Å². The number of aldehydes is 1. The van der Waals surface area contributed by atoms with Crippen molar-refractivity contribution >= 4 is 43.3 Å². The van der Waals surface area contributed by atoms with Crippen LogP contribution in [0.3, 0.4) is 0 Å². The van der Waals surface area contributed by atoms with Gasteiger partial charge < -0.3 is 0 Å². The molecule has 0 unspecified atom stereocenters. The number of halogens is 1. The Morgan fingerprint density at radius 2 is 1.67 bits per heavy atom. The van der Waals surface area contributed by atoms with Crippen LogP contribution < -0.4 is 0 Å². The number of aromatic nitrogens is 2. The van der Waals surface area contributed by atoms with Crippen molar-refractivity contribution in [1.82, 2.24) is 8.96 Å². The number of carbonyl (C=O) groups excluding carboxylic acids is 1. The number of hydrogen-bond donors (Lipinski definition) is 0. The topological polar surface area (TPSA) is 69.0 Å². The van der Waals surface area contributed by atoms with Gasteiger partial charge in [-0.2, -0.15) is 0 Å². The molecule has 0 saturated heterocycles. The lowest BCUT2D eigenvalue weighted by atomic mass is 10.1. The number of rotatable bonds is 4. The molecule has 2 aromatic heterocycles. The first-order valence-electron chi connectivity index (χ1n) is 8.04. The van der Waals surface area contributed by atoms with E-state index in [4.69, 9.17) is 0 Å². The lowest BCUT2D eigenvalue weighted by molar-refractivity contribution is 0.112. The van der Waals surface area contributed by atoms with Crippen LogP contribution in [0, 0.1) is 0 Å². The minimum Gasteiger partial charge on any atom is -0.298 e. The van der Waals surface area contributed by atoms with Crippen molar-refractivity contribution in [1.29, 1.82) is 0 Å². The maximum absolute atomic E-state index is 13.4. The number of carbonyl (C=O) groups is 1. The SMILES string of the molecule is O=Cc1ccc(-c2cc3c(Br)ccnc3n2S(=O)(=O)c2ccccc2)cc1. The van der Waals surface area contributed by atoms with Gasteiger partial charge in [0.15, 0.2) is 5.65 Å². The minimum atomic E-state index is -3.87. The number of benzene rings is 2. The zero-order valence-corrected chi connectivity index (χ0v) is 16.3. The van der Waals surface area contributed by atoms with E-state index < -0.39 is 10.0 Å². The zero-order valence-electron chi connectivity index (χ0n) is 13.9. The van der Waals surface area contributed by atoms with E-state index in [0.717, 1.165) is 10.8 Å². The van der Waals surface area contributed by atoms with Crippen LogP contribution in [0.25, 0.3) is 22.3 Å². The molecule has 0 N–H and O–H groups in total. The third-order valence-corrected chi connectivity index (χ3v) is 6.64. The van der Waals surface area contributed by atoms with Crippen LogP contribution in [0.1, 0.15) is 10.4 Å². The molecular formula is C20H13BrN2O3S. The summed E-state index contributed by atoms with van der Waals surface area (Å²) >= 11 is 3.47. The van der Waals surface area contributed by atoms with E-state index in [1.165, 1.54) is 3.97 Å². The van der Waals surface area contributed by atoms with Crippen LogP contribution >= 0.6 is 15.9 Å². The summed E-state index contributed by atoms with van der Waals surface area (Å²) in [7, 11) is -3.87. The van der Waals surface area contributed by atoms with Crippen molar-refractivity contribution in [3.63, 3.8) is 0 Å². The fraction of sp³-hybridized carbons (Fsp3) is 0. The second-order valence-electron chi connectivity index (χ2n) is 5.88. The summed E-state index contributed by atoms with van der Waals surface area (Å²) in [6, 6.07) is 18.5. The Morgan fingerprint density at radius 1 is 0.963 bits per heavy atom. The van der Waals surface area contributed by atoms with Crippen molar-refractivity contribution in [2.75, 3.05) is 0 Å². The van der Waals surface area contributed by atoms with Gasteiger partial charge in [-0.25, -0.2) is 17.4 Å². The highest BCUT2D eigenvalue weighted by Crippen LogP contribution is 2.34. The molecule has 7 heteroatoms. The van der Waals surface area contributed by atoms with Gasteiger partial charge in [0.1, 0.15) is 6.29 Å². The van der Waals surface area contributed by atoms with Crippen molar-refractivity contribution in [2.45, 2.75) is 4.90 Å². The first-order valence-corrected chi connectivity index (χ1v) is 10.3. The number of pyridine rings is 1. The molecule has 2 aromatic carbocycles. The molecule has 0 aliphatic carbocycles. The Labute approximate surface area is 164 Å². The van der Waals surface area contributed by atoms with Crippen molar-refractivity contribution in [3.05, 3.63) is 83.0 Å². The fourth-order valence-corrected chi connectivity index (χ4v) is 4.83. The first kappa shape index (κ1) is 17.6. The molecule has 0 fully saturated rings. The van der Waals surface area contributed by atoms with E-state index in [1.54, 1.807) is 72.9 Å². The van der Waals surface area contributed by atoms with Crippen LogP contribution in [0.4, 0.5) is 0 Å². The number of fused-ring (bicyclic) bond motifs is 1. The molecule has 0 radical (unpaired) electrons. The molecular weight excluding hydrogens is 428 g/mol. The lowest BCUT2D eigenvalue weighted by Gasteiger charge is -2.11. The third kappa shape index (κ3) is 2.98. The highest BCUT2D eigenvalue weighted by atomic mass is 79.9. The summed E-state index contributed by atoms with van der Waals surface area (Å²) in [6.45, 7) is 0. The highest BCUT2D eigenvalue weighted by Gasteiger charge is 2.25. The molecule has 27 heavy (non-hydrogen) atoms. The smallest absolute Gasteiger partial charge is 0.269 e. The second kappa shape index (κ2) is 6.75. The molecule has 0 aliphatic rings. The maximum atomic E-state index is 13.4. The van der Waals surface area contributed by atoms with Gasteiger partial charge in [0.05, 0.1) is 10.6 Å². The fourth-order valence-electron chi connectivity index (χ4n) is 2.92. The molecule has 0 amide bonds. The standard InChI is InChI=1S/C20H13BrN2O3S/c21-18-10-11-22-20-17(18)12-19(15-8-6-14(13-24)7-9-15)23(20)27(25,26)16-4-2-1-3-5-16/h1-13H. The summed E-state index contributed by atoms with van der Waals surface area (Å²) < 4.78 is 28.8. The molecule has 134 valence electrons. The van der Waals surface area contributed by atoms with E-state index in [9.17, 15) is 13.2 Å². The number of hydrogen-bond acceptors (Lipinski definition) is 4. The largest absolute Gasteiger partial charge is 0.298 e. The van der Waals surface area contributed by atoms with Crippen LogP contribution in [0.5, 0.6) is 0 Å². The van der Waals surface area contributed by atoms with Gasteiger partial charge in [0.25, 0.3) is 10.0 Å².